The fourth-order valence-corrected chi connectivity index (χ4v) is 2.66. The monoisotopic (exact) mass is 364 g/mol. The first-order valence-corrected chi connectivity index (χ1v) is 8.36. The minimum Gasteiger partial charge on any atom is -0.382 e. The van der Waals surface area contributed by atoms with E-state index in [1.54, 1.807) is 23.0 Å². The molecule has 8 heteroatoms. The van der Waals surface area contributed by atoms with Gasteiger partial charge in [-0.1, -0.05) is 28.9 Å². The number of rotatable bonds is 6. The predicted molar refractivity (Wildman–Crippen MR) is 92.0 cm³/mol. The SMILES string of the molecule is Cc1nn(CCCNC(=O)C2CC(c3ccc(F)cc3)=NO2)cc1Cl. The summed E-state index contributed by atoms with van der Waals surface area (Å²) in [7, 11) is 0. The number of hydrogen-bond acceptors (Lipinski definition) is 4. The molecule has 1 aliphatic heterocycles. The number of halogens is 2. The highest BCUT2D eigenvalue weighted by molar-refractivity contribution is 6.31. The minimum atomic E-state index is -0.651. The van der Waals surface area contributed by atoms with Crippen LogP contribution in [-0.4, -0.2) is 34.0 Å². The van der Waals surface area contributed by atoms with E-state index in [-0.39, 0.29) is 11.7 Å². The first kappa shape index (κ1) is 17.4. The maximum absolute atomic E-state index is 12.9. The Kier molecular flexibility index (Phi) is 5.33. The highest BCUT2D eigenvalue weighted by Crippen LogP contribution is 2.17. The molecule has 25 heavy (non-hydrogen) atoms. The zero-order valence-corrected chi connectivity index (χ0v) is 14.5. The molecule has 6 nitrogen and oxygen atoms in total. The number of nitrogens with zero attached hydrogens (tertiary/aromatic N) is 3. The van der Waals surface area contributed by atoms with Crippen molar-refractivity contribution in [2.75, 3.05) is 6.54 Å². The van der Waals surface area contributed by atoms with E-state index >= 15 is 0 Å². The lowest BCUT2D eigenvalue weighted by molar-refractivity contribution is -0.131. The van der Waals surface area contributed by atoms with Crippen LogP contribution in [0, 0.1) is 12.7 Å². The standard InChI is InChI=1S/C17H18ClFN4O2/c1-11-14(18)10-23(21-11)8-2-7-20-17(24)16-9-15(22-25-16)12-3-5-13(19)6-4-12/h3-6,10,16H,2,7-9H2,1H3,(H,20,24). The number of aromatic nitrogens is 2. The van der Waals surface area contributed by atoms with Crippen molar-refractivity contribution in [1.82, 2.24) is 15.1 Å². The van der Waals surface area contributed by atoms with E-state index in [1.807, 2.05) is 6.92 Å². The van der Waals surface area contributed by atoms with Gasteiger partial charge in [0, 0.05) is 25.7 Å². The molecule has 0 saturated heterocycles. The number of benzene rings is 1. The summed E-state index contributed by atoms with van der Waals surface area (Å²) < 4.78 is 14.7. The number of hydrogen-bond donors (Lipinski definition) is 1. The molecule has 2 heterocycles. The van der Waals surface area contributed by atoms with E-state index in [0.717, 1.165) is 17.7 Å². The Morgan fingerprint density at radius 1 is 1.44 bits per heavy atom. The van der Waals surface area contributed by atoms with Crippen molar-refractivity contribution in [2.24, 2.45) is 5.16 Å². The van der Waals surface area contributed by atoms with Gasteiger partial charge >= 0.3 is 0 Å². The van der Waals surface area contributed by atoms with Crippen molar-refractivity contribution in [3.8, 4) is 0 Å². The maximum Gasteiger partial charge on any atom is 0.264 e. The van der Waals surface area contributed by atoms with Crippen LogP contribution in [0.1, 0.15) is 24.1 Å². The average molecular weight is 365 g/mol. The number of amides is 1. The normalized spacial score (nSPS) is 16.4. The molecule has 0 aliphatic carbocycles. The number of oxime groups is 1. The van der Waals surface area contributed by atoms with Gasteiger partial charge in [-0.3, -0.25) is 9.48 Å². The first-order chi connectivity index (χ1) is 12.0. The van der Waals surface area contributed by atoms with Crippen molar-refractivity contribution in [1.29, 1.82) is 0 Å². The first-order valence-electron chi connectivity index (χ1n) is 7.99. The fraction of sp³-hybridized carbons (Fsp3) is 0.353. The number of aryl methyl sites for hydroxylation is 2. The Bertz CT molecular complexity index is 769. The van der Waals surface area contributed by atoms with Crippen molar-refractivity contribution < 1.29 is 14.0 Å². The minimum absolute atomic E-state index is 0.212. The summed E-state index contributed by atoms with van der Waals surface area (Å²) in [4.78, 5) is 17.3. The molecule has 0 radical (unpaired) electrons. The fourth-order valence-electron chi connectivity index (χ4n) is 2.51. The number of carbonyl (C=O) groups excluding carboxylic acids is 1. The topological polar surface area (TPSA) is 68.5 Å². The Balaban J connectivity index is 1.41. The third-order valence-corrected chi connectivity index (χ3v) is 4.26. The summed E-state index contributed by atoms with van der Waals surface area (Å²) in [5, 5.41) is 11.6. The smallest absolute Gasteiger partial charge is 0.264 e. The third-order valence-electron chi connectivity index (χ3n) is 3.89. The van der Waals surface area contributed by atoms with Crippen molar-refractivity contribution in [2.45, 2.75) is 32.4 Å². The molecule has 0 saturated carbocycles. The summed E-state index contributed by atoms with van der Waals surface area (Å²) in [6.45, 7) is 3.01. The van der Waals surface area contributed by atoms with E-state index in [0.29, 0.717) is 30.2 Å². The van der Waals surface area contributed by atoms with Crippen LogP contribution in [-0.2, 0) is 16.2 Å². The molecule has 3 rings (SSSR count). The summed E-state index contributed by atoms with van der Waals surface area (Å²) in [6.07, 6.45) is 2.20. The van der Waals surface area contributed by atoms with Crippen LogP contribution >= 0.6 is 11.6 Å². The van der Waals surface area contributed by atoms with Gasteiger partial charge in [-0.25, -0.2) is 4.39 Å². The van der Waals surface area contributed by atoms with Gasteiger partial charge in [-0.05, 0) is 31.0 Å². The Labute approximate surface area is 149 Å². The summed E-state index contributed by atoms with van der Waals surface area (Å²) >= 11 is 5.95. The molecule has 0 bridgehead atoms. The van der Waals surface area contributed by atoms with Crippen LogP contribution in [0.2, 0.25) is 5.02 Å². The zero-order valence-electron chi connectivity index (χ0n) is 13.7. The Morgan fingerprint density at radius 3 is 2.88 bits per heavy atom. The summed E-state index contributed by atoms with van der Waals surface area (Å²) in [5.74, 6) is -0.526. The van der Waals surface area contributed by atoms with Gasteiger partial charge in [-0.2, -0.15) is 5.10 Å². The van der Waals surface area contributed by atoms with Gasteiger partial charge in [-0.15, -0.1) is 0 Å². The Morgan fingerprint density at radius 2 is 2.20 bits per heavy atom. The van der Waals surface area contributed by atoms with E-state index in [4.69, 9.17) is 16.4 Å². The average Bonchev–Trinajstić information content (AvgIpc) is 3.20. The molecule has 0 fully saturated rings. The van der Waals surface area contributed by atoms with E-state index in [2.05, 4.69) is 15.6 Å². The van der Waals surface area contributed by atoms with Gasteiger partial charge in [0.2, 0.25) is 6.10 Å². The summed E-state index contributed by atoms with van der Waals surface area (Å²) in [5.41, 5.74) is 2.18. The molecule has 1 N–H and O–H groups in total. The molecular formula is C17H18ClFN4O2. The molecule has 1 amide bonds. The highest BCUT2D eigenvalue weighted by Gasteiger charge is 2.28. The van der Waals surface area contributed by atoms with Crippen molar-refractivity contribution >= 4 is 23.2 Å². The molecule has 1 atom stereocenters. The van der Waals surface area contributed by atoms with Crippen LogP contribution < -0.4 is 5.32 Å². The molecule has 132 valence electrons. The number of carbonyl (C=O) groups is 1. The van der Waals surface area contributed by atoms with Crippen LogP contribution in [0.3, 0.4) is 0 Å². The molecule has 1 unspecified atom stereocenters. The van der Waals surface area contributed by atoms with E-state index in [9.17, 15) is 9.18 Å². The molecule has 1 aromatic carbocycles. The molecule has 0 spiro atoms. The van der Waals surface area contributed by atoms with Gasteiger partial charge in [0.05, 0.1) is 16.4 Å². The summed E-state index contributed by atoms with van der Waals surface area (Å²) in [6, 6.07) is 5.95. The van der Waals surface area contributed by atoms with Crippen LogP contribution in [0.5, 0.6) is 0 Å². The lowest BCUT2D eigenvalue weighted by atomic mass is 10.0. The van der Waals surface area contributed by atoms with Gasteiger partial charge in [0.1, 0.15) is 5.82 Å². The molecule has 1 aliphatic rings. The molecule has 2 aromatic rings. The lowest BCUT2D eigenvalue weighted by Crippen LogP contribution is -2.35. The van der Waals surface area contributed by atoms with Crippen LogP contribution in [0.25, 0.3) is 0 Å². The zero-order chi connectivity index (χ0) is 17.8. The molecule has 1 aromatic heterocycles. The van der Waals surface area contributed by atoms with Crippen molar-refractivity contribution in [3.63, 3.8) is 0 Å². The van der Waals surface area contributed by atoms with Gasteiger partial charge < -0.3 is 10.2 Å². The largest absolute Gasteiger partial charge is 0.382 e. The van der Waals surface area contributed by atoms with Gasteiger partial charge in [0.25, 0.3) is 5.91 Å². The second-order valence-corrected chi connectivity index (χ2v) is 6.22. The maximum atomic E-state index is 12.9. The quantitative estimate of drug-likeness (QED) is 0.801. The highest BCUT2D eigenvalue weighted by atomic mass is 35.5. The Hall–Kier alpha value is -2.41. The third kappa shape index (κ3) is 4.36. The van der Waals surface area contributed by atoms with Gasteiger partial charge in [0.15, 0.2) is 0 Å². The van der Waals surface area contributed by atoms with Crippen LogP contribution in [0.15, 0.2) is 35.6 Å². The predicted octanol–water partition coefficient (Wildman–Crippen LogP) is 2.68. The second kappa shape index (κ2) is 7.65. The van der Waals surface area contributed by atoms with Crippen LogP contribution in [0.4, 0.5) is 4.39 Å². The molecular weight excluding hydrogens is 347 g/mol. The lowest BCUT2D eigenvalue weighted by Gasteiger charge is -2.09. The second-order valence-electron chi connectivity index (χ2n) is 5.81. The number of nitrogens with one attached hydrogen (secondary N) is 1. The van der Waals surface area contributed by atoms with E-state index in [1.165, 1.54) is 12.1 Å². The van der Waals surface area contributed by atoms with Crippen molar-refractivity contribution in [3.05, 3.63) is 52.6 Å². The van der Waals surface area contributed by atoms with E-state index < -0.39 is 6.10 Å².